The van der Waals surface area contributed by atoms with Gasteiger partial charge in [-0.3, -0.25) is 0 Å². The van der Waals surface area contributed by atoms with Gasteiger partial charge in [0.25, 0.3) is 0 Å². The quantitative estimate of drug-likeness (QED) is 0.852. The Labute approximate surface area is 101 Å². The zero-order valence-electron chi connectivity index (χ0n) is 9.77. The van der Waals surface area contributed by atoms with Gasteiger partial charge in [-0.05, 0) is 13.8 Å². The van der Waals surface area contributed by atoms with Gasteiger partial charge in [0.05, 0.1) is 18.9 Å². The highest BCUT2D eigenvalue weighted by Crippen LogP contribution is 2.21. The molecule has 0 unspecified atom stereocenters. The smallest absolute Gasteiger partial charge is 0.222 e. The molecule has 1 rings (SSSR count). The summed E-state index contributed by atoms with van der Waals surface area (Å²) in [6.45, 7) is 5.31. The largest absolute Gasteiger partial charge is 0.377 e. The molecule has 0 aliphatic rings. The van der Waals surface area contributed by atoms with Crippen LogP contribution in [-0.2, 0) is 4.74 Å². The van der Waals surface area contributed by atoms with Crippen LogP contribution in [0, 0.1) is 0 Å². The number of anilines is 2. The van der Waals surface area contributed by atoms with E-state index < -0.39 is 0 Å². The van der Waals surface area contributed by atoms with Crippen LogP contribution in [-0.4, -0.2) is 36.3 Å². The molecular formula is C10H17ClN4O. The van der Waals surface area contributed by atoms with E-state index in [0.29, 0.717) is 24.0 Å². The van der Waals surface area contributed by atoms with E-state index in [-0.39, 0.29) is 12.1 Å². The fourth-order valence-corrected chi connectivity index (χ4v) is 1.41. The van der Waals surface area contributed by atoms with E-state index >= 15 is 0 Å². The van der Waals surface area contributed by atoms with Gasteiger partial charge >= 0.3 is 0 Å². The van der Waals surface area contributed by atoms with E-state index in [1.807, 2.05) is 25.8 Å². The molecule has 0 atom stereocenters. The predicted molar refractivity (Wildman–Crippen MR) is 65.8 cm³/mol. The van der Waals surface area contributed by atoms with Gasteiger partial charge in [0.1, 0.15) is 5.02 Å². The second kappa shape index (κ2) is 5.86. The third-order valence-electron chi connectivity index (χ3n) is 1.98. The van der Waals surface area contributed by atoms with E-state index in [0.717, 1.165) is 0 Å². The van der Waals surface area contributed by atoms with Crippen molar-refractivity contribution in [3.63, 3.8) is 0 Å². The SMILES string of the molecule is CC(C)OCCN(C)c1nc(N)ncc1Cl. The fraction of sp³-hybridized carbons (Fsp3) is 0.600. The molecule has 0 aromatic carbocycles. The minimum atomic E-state index is 0.219. The van der Waals surface area contributed by atoms with E-state index in [2.05, 4.69) is 9.97 Å². The Morgan fingerprint density at radius 2 is 2.25 bits per heavy atom. The topological polar surface area (TPSA) is 64.3 Å². The predicted octanol–water partition coefficient (Wildman–Crippen LogP) is 1.57. The van der Waals surface area contributed by atoms with Gasteiger partial charge in [0.2, 0.25) is 5.95 Å². The van der Waals surface area contributed by atoms with Crippen LogP contribution in [0.15, 0.2) is 6.20 Å². The molecule has 0 saturated carbocycles. The molecule has 90 valence electrons. The third-order valence-corrected chi connectivity index (χ3v) is 2.25. The van der Waals surface area contributed by atoms with Crippen LogP contribution in [0.5, 0.6) is 0 Å². The second-order valence-electron chi connectivity index (χ2n) is 3.74. The molecule has 1 heterocycles. The van der Waals surface area contributed by atoms with E-state index in [1.54, 1.807) is 0 Å². The van der Waals surface area contributed by atoms with Crippen LogP contribution in [0.1, 0.15) is 13.8 Å². The van der Waals surface area contributed by atoms with Crippen molar-refractivity contribution in [3.8, 4) is 0 Å². The van der Waals surface area contributed by atoms with Gasteiger partial charge in [-0.15, -0.1) is 0 Å². The molecule has 0 fully saturated rings. The van der Waals surface area contributed by atoms with Crippen molar-refractivity contribution in [3.05, 3.63) is 11.2 Å². The van der Waals surface area contributed by atoms with Crippen LogP contribution in [0.3, 0.4) is 0 Å². The molecule has 0 saturated heterocycles. The number of likely N-dealkylation sites (N-methyl/N-ethyl adjacent to an activating group) is 1. The van der Waals surface area contributed by atoms with Gasteiger partial charge in [0, 0.05) is 13.6 Å². The Morgan fingerprint density at radius 3 is 2.88 bits per heavy atom. The number of nitrogens with two attached hydrogens (primary N) is 1. The summed E-state index contributed by atoms with van der Waals surface area (Å²) in [6, 6.07) is 0. The minimum Gasteiger partial charge on any atom is -0.377 e. The fourth-order valence-electron chi connectivity index (χ4n) is 1.17. The van der Waals surface area contributed by atoms with Gasteiger partial charge in [-0.25, -0.2) is 4.98 Å². The van der Waals surface area contributed by atoms with Crippen LogP contribution >= 0.6 is 11.6 Å². The monoisotopic (exact) mass is 244 g/mol. The molecule has 0 amide bonds. The van der Waals surface area contributed by atoms with Gasteiger partial charge in [-0.1, -0.05) is 11.6 Å². The first-order valence-corrected chi connectivity index (χ1v) is 5.49. The summed E-state index contributed by atoms with van der Waals surface area (Å²) in [6.07, 6.45) is 1.72. The van der Waals surface area contributed by atoms with E-state index in [4.69, 9.17) is 22.1 Å². The van der Waals surface area contributed by atoms with Crippen molar-refractivity contribution in [1.29, 1.82) is 0 Å². The summed E-state index contributed by atoms with van der Waals surface area (Å²) >= 11 is 5.97. The van der Waals surface area contributed by atoms with Crippen molar-refractivity contribution in [2.75, 3.05) is 30.8 Å². The lowest BCUT2D eigenvalue weighted by Crippen LogP contribution is -2.25. The van der Waals surface area contributed by atoms with E-state index in [1.165, 1.54) is 6.20 Å². The first-order valence-electron chi connectivity index (χ1n) is 5.11. The van der Waals surface area contributed by atoms with Gasteiger partial charge in [-0.2, -0.15) is 4.98 Å². The zero-order chi connectivity index (χ0) is 12.1. The number of nitrogens with zero attached hydrogens (tertiary/aromatic N) is 3. The Balaban J connectivity index is 2.58. The molecular weight excluding hydrogens is 228 g/mol. The van der Waals surface area contributed by atoms with E-state index in [9.17, 15) is 0 Å². The number of halogens is 1. The average molecular weight is 245 g/mol. The highest BCUT2D eigenvalue weighted by Gasteiger charge is 2.09. The van der Waals surface area contributed by atoms with Crippen molar-refractivity contribution in [2.45, 2.75) is 20.0 Å². The molecule has 16 heavy (non-hydrogen) atoms. The summed E-state index contributed by atoms with van der Waals surface area (Å²) in [5.41, 5.74) is 5.50. The lowest BCUT2D eigenvalue weighted by Gasteiger charge is -2.19. The molecule has 5 nitrogen and oxygen atoms in total. The molecule has 1 aromatic heterocycles. The summed E-state index contributed by atoms with van der Waals surface area (Å²) in [5, 5.41) is 0.487. The highest BCUT2D eigenvalue weighted by atomic mass is 35.5. The van der Waals surface area contributed by atoms with Crippen molar-refractivity contribution in [1.82, 2.24) is 9.97 Å². The van der Waals surface area contributed by atoms with Crippen LogP contribution in [0.25, 0.3) is 0 Å². The molecule has 0 aliphatic carbocycles. The number of nitrogen functional groups attached to an aromatic ring is 1. The molecule has 1 aromatic rings. The van der Waals surface area contributed by atoms with Crippen LogP contribution < -0.4 is 10.6 Å². The first-order chi connectivity index (χ1) is 7.50. The maximum absolute atomic E-state index is 5.97. The van der Waals surface area contributed by atoms with Crippen molar-refractivity contribution < 1.29 is 4.74 Å². The number of hydrogen-bond donors (Lipinski definition) is 1. The average Bonchev–Trinajstić information content (AvgIpc) is 2.21. The summed E-state index contributed by atoms with van der Waals surface area (Å²) in [4.78, 5) is 9.77. The normalized spacial score (nSPS) is 10.8. The number of aromatic nitrogens is 2. The number of rotatable bonds is 5. The Morgan fingerprint density at radius 1 is 1.56 bits per heavy atom. The molecule has 0 bridgehead atoms. The Kier molecular flexibility index (Phi) is 4.76. The molecule has 6 heteroatoms. The summed E-state index contributed by atoms with van der Waals surface area (Å²) < 4.78 is 5.44. The third kappa shape index (κ3) is 3.83. The van der Waals surface area contributed by atoms with Gasteiger partial charge < -0.3 is 15.4 Å². The lowest BCUT2D eigenvalue weighted by molar-refractivity contribution is 0.0845. The first kappa shape index (κ1) is 13.0. The Hall–Kier alpha value is -1.07. The number of ether oxygens (including phenoxy) is 1. The van der Waals surface area contributed by atoms with Gasteiger partial charge in [0.15, 0.2) is 5.82 Å². The maximum Gasteiger partial charge on any atom is 0.222 e. The molecule has 0 aliphatic heterocycles. The molecule has 0 radical (unpaired) electrons. The van der Waals surface area contributed by atoms with Crippen LogP contribution in [0.2, 0.25) is 5.02 Å². The second-order valence-corrected chi connectivity index (χ2v) is 4.15. The number of hydrogen-bond acceptors (Lipinski definition) is 5. The van der Waals surface area contributed by atoms with Crippen molar-refractivity contribution >= 4 is 23.4 Å². The standard InChI is InChI=1S/C10H17ClN4O/c1-7(2)16-5-4-15(3)9-8(11)6-13-10(12)14-9/h6-7H,4-5H2,1-3H3,(H2,12,13,14). The summed E-state index contributed by atoms with van der Waals surface area (Å²) in [7, 11) is 1.89. The maximum atomic E-state index is 5.97. The minimum absolute atomic E-state index is 0.219. The summed E-state index contributed by atoms with van der Waals surface area (Å²) in [5.74, 6) is 0.845. The Bertz CT molecular complexity index is 346. The molecule has 0 spiro atoms. The molecule has 2 N–H and O–H groups in total. The lowest BCUT2D eigenvalue weighted by atomic mass is 10.4. The zero-order valence-corrected chi connectivity index (χ0v) is 10.5. The van der Waals surface area contributed by atoms with Crippen LogP contribution in [0.4, 0.5) is 11.8 Å². The van der Waals surface area contributed by atoms with Crippen molar-refractivity contribution in [2.24, 2.45) is 0 Å². The highest BCUT2D eigenvalue weighted by molar-refractivity contribution is 6.32.